The molecule has 12 heteroatoms. The first kappa shape index (κ1) is 20.0. The number of anilines is 2. The molecule has 32 heavy (non-hydrogen) atoms. The Morgan fingerprint density at radius 3 is 2.44 bits per heavy atom. The monoisotopic (exact) mass is 443 g/mol. The molecular formula is C20H16F3N7O2. The van der Waals surface area contributed by atoms with E-state index in [9.17, 15) is 23.3 Å². The topological polar surface area (TPSA) is 92.7 Å². The second kappa shape index (κ2) is 7.32. The fraction of sp³-hybridized carbons (Fsp3) is 0.250. The van der Waals surface area contributed by atoms with E-state index in [0.717, 1.165) is 17.1 Å². The first-order valence-electron chi connectivity index (χ1n) is 9.77. The molecule has 9 nitrogen and oxygen atoms in total. The number of halogens is 3. The fourth-order valence-electron chi connectivity index (χ4n) is 3.97. The number of benzene rings is 2. The summed E-state index contributed by atoms with van der Waals surface area (Å²) in [5, 5.41) is 19.6. The third-order valence-electron chi connectivity index (χ3n) is 5.53. The van der Waals surface area contributed by atoms with Crippen LogP contribution in [0.5, 0.6) is 0 Å². The molecule has 0 N–H and O–H groups in total. The number of nitrogens with zero attached hydrogens (tertiary/aromatic N) is 7. The smallest absolute Gasteiger partial charge is 0.362 e. The number of hydrogen-bond acceptors (Lipinski definition) is 7. The summed E-state index contributed by atoms with van der Waals surface area (Å²) in [5.41, 5.74) is 0.809. The zero-order valence-electron chi connectivity index (χ0n) is 16.5. The lowest BCUT2D eigenvalue weighted by Gasteiger charge is -2.36. The molecule has 0 atom stereocenters. The number of hydrogen-bond donors (Lipinski definition) is 0. The Bertz CT molecular complexity index is 1330. The number of para-hydroxylation sites is 2. The van der Waals surface area contributed by atoms with E-state index < -0.39 is 22.4 Å². The van der Waals surface area contributed by atoms with E-state index in [4.69, 9.17) is 4.98 Å². The predicted octanol–water partition coefficient (Wildman–Crippen LogP) is 3.53. The molecule has 0 unspecified atom stereocenters. The highest BCUT2D eigenvalue weighted by atomic mass is 19.4. The maximum atomic E-state index is 13.0. The van der Waals surface area contributed by atoms with Crippen LogP contribution in [0.3, 0.4) is 0 Å². The van der Waals surface area contributed by atoms with Gasteiger partial charge in [0.2, 0.25) is 5.65 Å². The van der Waals surface area contributed by atoms with Crippen molar-refractivity contribution >= 4 is 33.9 Å². The van der Waals surface area contributed by atoms with Crippen LogP contribution in [0, 0.1) is 10.1 Å². The second-order valence-corrected chi connectivity index (χ2v) is 7.38. The molecule has 5 rings (SSSR count). The second-order valence-electron chi connectivity index (χ2n) is 7.38. The molecule has 2 aromatic carbocycles. The van der Waals surface area contributed by atoms with Crippen molar-refractivity contribution in [2.75, 3.05) is 36.0 Å². The molecule has 1 aliphatic rings. The first-order chi connectivity index (χ1) is 15.3. The minimum absolute atomic E-state index is 0.168. The van der Waals surface area contributed by atoms with Crippen molar-refractivity contribution < 1.29 is 18.1 Å². The summed E-state index contributed by atoms with van der Waals surface area (Å²) in [6.07, 6.45) is -3.03. The Morgan fingerprint density at radius 2 is 1.72 bits per heavy atom. The lowest BCUT2D eigenvalue weighted by Crippen LogP contribution is -2.47. The average molecular weight is 443 g/mol. The van der Waals surface area contributed by atoms with Gasteiger partial charge in [0.15, 0.2) is 5.82 Å². The van der Waals surface area contributed by atoms with Crippen molar-refractivity contribution in [2.45, 2.75) is 6.18 Å². The lowest BCUT2D eigenvalue weighted by atomic mass is 10.1. The van der Waals surface area contributed by atoms with Crippen LogP contribution in [0.4, 0.5) is 30.4 Å². The molecule has 0 amide bonds. The van der Waals surface area contributed by atoms with E-state index in [1.807, 2.05) is 33.6 Å². The summed E-state index contributed by atoms with van der Waals surface area (Å²) in [6, 6.07) is 10.2. The van der Waals surface area contributed by atoms with Crippen molar-refractivity contribution in [1.29, 1.82) is 0 Å². The van der Waals surface area contributed by atoms with Crippen molar-refractivity contribution in [3.05, 3.63) is 64.5 Å². The molecule has 1 aliphatic heterocycles. The summed E-state index contributed by atoms with van der Waals surface area (Å²) in [4.78, 5) is 19.1. The van der Waals surface area contributed by atoms with Gasteiger partial charge in [0.05, 0.1) is 21.5 Å². The summed E-state index contributed by atoms with van der Waals surface area (Å²) in [5.74, 6) is 0.641. The van der Waals surface area contributed by atoms with Crippen LogP contribution >= 0.6 is 0 Å². The van der Waals surface area contributed by atoms with Gasteiger partial charge in [0.1, 0.15) is 12.0 Å². The standard InChI is InChI=1S/C20H16F3N7O2/c21-20(22,23)13-5-6-16(17(11-13)30(31)32)27-7-9-28(10-8-27)18-19-26-24-12-29(19)15-4-2-1-3-14(15)25-18/h1-6,11-12H,7-10H2. The molecule has 3 heterocycles. The van der Waals surface area contributed by atoms with E-state index >= 15 is 0 Å². The zero-order valence-corrected chi connectivity index (χ0v) is 16.5. The van der Waals surface area contributed by atoms with Crippen LogP contribution in [0.15, 0.2) is 48.8 Å². The molecule has 0 saturated carbocycles. The van der Waals surface area contributed by atoms with Crippen molar-refractivity contribution in [1.82, 2.24) is 19.6 Å². The Labute approximate surface area is 178 Å². The zero-order chi connectivity index (χ0) is 22.5. The highest BCUT2D eigenvalue weighted by molar-refractivity contribution is 5.83. The molecule has 4 aromatic rings. The van der Waals surface area contributed by atoms with E-state index in [0.29, 0.717) is 43.7 Å². The SMILES string of the molecule is O=[N+]([O-])c1cc(C(F)(F)F)ccc1N1CCN(c2nc3ccccc3n3cnnc23)CC1. The summed E-state index contributed by atoms with van der Waals surface area (Å²) < 4.78 is 40.8. The van der Waals surface area contributed by atoms with Gasteiger partial charge in [0, 0.05) is 32.2 Å². The van der Waals surface area contributed by atoms with E-state index in [-0.39, 0.29) is 5.69 Å². The number of nitro benzene ring substituents is 1. The van der Waals surface area contributed by atoms with Crippen molar-refractivity contribution in [3.8, 4) is 0 Å². The highest BCUT2D eigenvalue weighted by Gasteiger charge is 2.34. The van der Waals surface area contributed by atoms with Gasteiger partial charge in [-0.3, -0.25) is 14.5 Å². The van der Waals surface area contributed by atoms with Gasteiger partial charge in [-0.15, -0.1) is 10.2 Å². The van der Waals surface area contributed by atoms with E-state index in [1.54, 1.807) is 11.2 Å². The third kappa shape index (κ3) is 3.33. The number of aromatic nitrogens is 4. The predicted molar refractivity (Wildman–Crippen MR) is 111 cm³/mol. The van der Waals surface area contributed by atoms with Gasteiger partial charge in [0.25, 0.3) is 5.69 Å². The minimum Gasteiger partial charge on any atom is -0.362 e. The van der Waals surface area contributed by atoms with Gasteiger partial charge in [-0.1, -0.05) is 12.1 Å². The first-order valence-corrected chi connectivity index (χ1v) is 9.77. The molecule has 1 saturated heterocycles. The maximum absolute atomic E-state index is 13.0. The molecule has 0 radical (unpaired) electrons. The molecule has 0 spiro atoms. The van der Waals surface area contributed by atoms with Crippen LogP contribution in [0.25, 0.3) is 16.7 Å². The third-order valence-corrected chi connectivity index (χ3v) is 5.53. The average Bonchev–Trinajstić information content (AvgIpc) is 3.28. The van der Waals surface area contributed by atoms with Crippen LogP contribution in [0.1, 0.15) is 5.56 Å². The van der Waals surface area contributed by atoms with Gasteiger partial charge >= 0.3 is 6.18 Å². The van der Waals surface area contributed by atoms with Crippen LogP contribution < -0.4 is 9.80 Å². The highest BCUT2D eigenvalue weighted by Crippen LogP contribution is 2.37. The van der Waals surface area contributed by atoms with E-state index in [1.165, 1.54) is 6.07 Å². The number of fused-ring (bicyclic) bond motifs is 3. The molecule has 0 bridgehead atoms. The van der Waals surface area contributed by atoms with Crippen LogP contribution in [-0.2, 0) is 6.18 Å². The van der Waals surface area contributed by atoms with Crippen LogP contribution in [0.2, 0.25) is 0 Å². The number of alkyl halides is 3. The van der Waals surface area contributed by atoms with Gasteiger partial charge in [-0.05, 0) is 24.3 Å². The number of nitro groups is 1. The molecule has 1 fully saturated rings. The quantitative estimate of drug-likeness (QED) is 0.353. The molecule has 164 valence electrons. The fourth-order valence-corrected chi connectivity index (χ4v) is 3.97. The van der Waals surface area contributed by atoms with Gasteiger partial charge in [-0.2, -0.15) is 13.2 Å². The summed E-state index contributed by atoms with van der Waals surface area (Å²) >= 11 is 0. The normalized spacial score (nSPS) is 15.0. The van der Waals surface area contributed by atoms with E-state index in [2.05, 4.69) is 10.2 Å². The Morgan fingerprint density at radius 1 is 1.00 bits per heavy atom. The molecular weight excluding hydrogens is 427 g/mol. The summed E-state index contributed by atoms with van der Waals surface area (Å²) in [7, 11) is 0. The lowest BCUT2D eigenvalue weighted by molar-refractivity contribution is -0.384. The minimum atomic E-state index is -4.65. The Kier molecular flexibility index (Phi) is 4.57. The van der Waals surface area contributed by atoms with Crippen LogP contribution in [-0.4, -0.2) is 50.7 Å². The van der Waals surface area contributed by atoms with Crippen molar-refractivity contribution in [2.24, 2.45) is 0 Å². The molecule has 0 aliphatic carbocycles. The number of rotatable bonds is 3. The molecule has 2 aromatic heterocycles. The maximum Gasteiger partial charge on any atom is 0.416 e. The Balaban J connectivity index is 1.44. The summed E-state index contributed by atoms with van der Waals surface area (Å²) in [6.45, 7) is 1.68. The largest absolute Gasteiger partial charge is 0.416 e. The number of piperazine rings is 1. The van der Waals surface area contributed by atoms with Gasteiger partial charge in [-0.25, -0.2) is 4.98 Å². The Hall–Kier alpha value is -3.96. The van der Waals surface area contributed by atoms with Crippen molar-refractivity contribution in [3.63, 3.8) is 0 Å². The van der Waals surface area contributed by atoms with Gasteiger partial charge < -0.3 is 9.80 Å².